The van der Waals surface area contributed by atoms with Crippen LogP contribution < -0.4 is 9.47 Å². The van der Waals surface area contributed by atoms with Gasteiger partial charge in [0.25, 0.3) is 0 Å². The van der Waals surface area contributed by atoms with Crippen molar-refractivity contribution >= 4 is 18.0 Å². The first kappa shape index (κ1) is 14.4. The Hall–Kier alpha value is -2.50. The van der Waals surface area contributed by atoms with Gasteiger partial charge in [0.05, 0.1) is 0 Å². The second kappa shape index (κ2) is 6.09. The van der Waals surface area contributed by atoms with Crippen molar-refractivity contribution in [2.24, 2.45) is 0 Å². The molecule has 2 heterocycles. The quantitative estimate of drug-likeness (QED) is 0.863. The van der Waals surface area contributed by atoms with Crippen LogP contribution in [0.3, 0.4) is 0 Å². The fourth-order valence-electron chi connectivity index (χ4n) is 2.73. The summed E-state index contributed by atoms with van der Waals surface area (Å²) in [4.78, 5) is 24.9. The van der Waals surface area contributed by atoms with Gasteiger partial charge >= 0.3 is 5.97 Å². The maximum Gasteiger partial charge on any atom is 0.326 e. The van der Waals surface area contributed by atoms with Crippen molar-refractivity contribution in [3.8, 4) is 11.5 Å². The third-order valence-electron chi connectivity index (χ3n) is 3.89. The van der Waals surface area contributed by atoms with Crippen LogP contribution in [0.25, 0.3) is 6.08 Å². The largest absolute Gasteiger partial charge is 0.480 e. The summed E-state index contributed by atoms with van der Waals surface area (Å²) in [5, 5.41) is 9.20. The van der Waals surface area contributed by atoms with Gasteiger partial charge in [0.2, 0.25) is 12.7 Å². The molecule has 3 rings (SSSR count). The zero-order chi connectivity index (χ0) is 15.5. The van der Waals surface area contributed by atoms with Crippen LogP contribution in [-0.2, 0) is 9.59 Å². The van der Waals surface area contributed by atoms with E-state index in [-0.39, 0.29) is 12.7 Å². The first-order chi connectivity index (χ1) is 10.6. The number of nitrogens with zero attached hydrogens (tertiary/aromatic N) is 1. The molecule has 0 saturated carbocycles. The highest BCUT2D eigenvalue weighted by Gasteiger charge is 2.30. The van der Waals surface area contributed by atoms with E-state index in [4.69, 9.17) is 9.47 Å². The summed E-state index contributed by atoms with van der Waals surface area (Å²) < 4.78 is 10.5. The Balaban J connectivity index is 1.71. The van der Waals surface area contributed by atoms with Gasteiger partial charge in [0.15, 0.2) is 11.5 Å². The standard InChI is InChI=1S/C16H17NO5/c18-15(17-8-2-1-3-12(17)16(19)20)7-5-11-4-6-13-14(9-11)22-10-21-13/h4-7,9,12H,1-3,8,10H2,(H,19,20)/b7-5+. The average Bonchev–Trinajstić information content (AvgIpc) is 3.00. The summed E-state index contributed by atoms with van der Waals surface area (Å²) >= 11 is 0. The number of benzene rings is 1. The maximum absolute atomic E-state index is 12.2. The monoisotopic (exact) mass is 303 g/mol. The van der Waals surface area contributed by atoms with Gasteiger partial charge in [-0.05, 0) is 43.0 Å². The number of rotatable bonds is 3. The van der Waals surface area contributed by atoms with Crippen molar-refractivity contribution < 1.29 is 24.2 Å². The molecule has 1 aromatic carbocycles. The van der Waals surface area contributed by atoms with Gasteiger partial charge in [-0.15, -0.1) is 0 Å². The SMILES string of the molecule is O=C(O)C1CCCCN1C(=O)/C=C/c1ccc2c(c1)OCO2. The minimum atomic E-state index is -0.940. The van der Waals surface area contributed by atoms with Crippen LogP contribution in [0.4, 0.5) is 0 Å². The van der Waals surface area contributed by atoms with E-state index in [1.807, 2.05) is 6.07 Å². The molecule has 0 aliphatic carbocycles. The van der Waals surface area contributed by atoms with Crippen molar-refractivity contribution in [2.75, 3.05) is 13.3 Å². The molecule has 1 fully saturated rings. The summed E-state index contributed by atoms with van der Waals surface area (Å²) in [6.07, 6.45) is 5.27. The van der Waals surface area contributed by atoms with Crippen LogP contribution in [0, 0.1) is 0 Å². The molecule has 0 bridgehead atoms. The molecule has 22 heavy (non-hydrogen) atoms. The van der Waals surface area contributed by atoms with E-state index < -0.39 is 12.0 Å². The molecule has 0 radical (unpaired) electrons. The zero-order valence-corrected chi connectivity index (χ0v) is 12.0. The van der Waals surface area contributed by atoms with Crippen molar-refractivity contribution in [3.05, 3.63) is 29.8 Å². The number of fused-ring (bicyclic) bond motifs is 1. The minimum Gasteiger partial charge on any atom is -0.480 e. The van der Waals surface area contributed by atoms with Gasteiger partial charge in [-0.2, -0.15) is 0 Å². The number of amides is 1. The Kier molecular flexibility index (Phi) is 4.00. The second-order valence-electron chi connectivity index (χ2n) is 5.33. The van der Waals surface area contributed by atoms with Gasteiger partial charge < -0.3 is 19.5 Å². The van der Waals surface area contributed by atoms with Gasteiger partial charge in [-0.1, -0.05) is 6.07 Å². The topological polar surface area (TPSA) is 76.1 Å². The number of carbonyl (C=O) groups is 2. The number of aliphatic carboxylic acids is 1. The second-order valence-corrected chi connectivity index (χ2v) is 5.33. The van der Waals surface area contributed by atoms with Crippen LogP contribution in [0.5, 0.6) is 11.5 Å². The highest BCUT2D eigenvalue weighted by Crippen LogP contribution is 2.32. The Bertz CT molecular complexity index is 625. The van der Waals surface area contributed by atoms with E-state index >= 15 is 0 Å². The Morgan fingerprint density at radius 1 is 1.23 bits per heavy atom. The van der Waals surface area contributed by atoms with E-state index in [0.717, 1.165) is 18.4 Å². The van der Waals surface area contributed by atoms with E-state index in [2.05, 4.69) is 0 Å². The van der Waals surface area contributed by atoms with E-state index in [1.165, 1.54) is 11.0 Å². The molecular formula is C16H17NO5. The molecule has 1 N–H and O–H groups in total. The minimum absolute atomic E-state index is 0.204. The molecule has 1 saturated heterocycles. The van der Waals surface area contributed by atoms with Gasteiger partial charge in [-0.25, -0.2) is 4.79 Å². The Morgan fingerprint density at radius 3 is 2.86 bits per heavy atom. The molecule has 1 atom stereocenters. The lowest BCUT2D eigenvalue weighted by Gasteiger charge is -2.32. The average molecular weight is 303 g/mol. The number of piperidine rings is 1. The van der Waals surface area contributed by atoms with E-state index in [0.29, 0.717) is 24.5 Å². The lowest BCUT2D eigenvalue weighted by molar-refractivity contribution is -0.150. The first-order valence-electron chi connectivity index (χ1n) is 7.26. The third kappa shape index (κ3) is 2.90. The summed E-state index contributed by atoms with van der Waals surface area (Å²) in [7, 11) is 0. The van der Waals surface area contributed by atoms with E-state index in [9.17, 15) is 14.7 Å². The van der Waals surface area contributed by atoms with Crippen LogP contribution in [0.1, 0.15) is 24.8 Å². The molecule has 0 aromatic heterocycles. The number of likely N-dealkylation sites (tertiary alicyclic amines) is 1. The zero-order valence-electron chi connectivity index (χ0n) is 12.0. The number of carbonyl (C=O) groups excluding carboxylic acids is 1. The molecule has 1 aromatic rings. The predicted octanol–water partition coefficient (Wildman–Crippen LogP) is 1.89. The first-order valence-corrected chi connectivity index (χ1v) is 7.26. The molecule has 1 amide bonds. The van der Waals surface area contributed by atoms with Crippen LogP contribution >= 0.6 is 0 Å². The van der Waals surface area contributed by atoms with Crippen molar-refractivity contribution in [2.45, 2.75) is 25.3 Å². The summed E-state index contributed by atoms with van der Waals surface area (Å²) in [6, 6.07) is 4.68. The molecule has 1 unspecified atom stereocenters. The van der Waals surface area contributed by atoms with E-state index in [1.54, 1.807) is 18.2 Å². The van der Waals surface area contributed by atoms with Crippen LogP contribution in [0.2, 0.25) is 0 Å². The van der Waals surface area contributed by atoms with Crippen molar-refractivity contribution in [3.63, 3.8) is 0 Å². The third-order valence-corrected chi connectivity index (χ3v) is 3.89. The highest BCUT2D eigenvalue weighted by molar-refractivity contribution is 5.94. The van der Waals surface area contributed by atoms with Crippen molar-refractivity contribution in [1.82, 2.24) is 4.90 Å². The van der Waals surface area contributed by atoms with Crippen molar-refractivity contribution in [1.29, 1.82) is 0 Å². The Labute approximate surface area is 127 Å². The normalized spacial score (nSPS) is 20.4. The number of carboxylic acids is 1. The lowest BCUT2D eigenvalue weighted by Crippen LogP contribution is -2.47. The van der Waals surface area contributed by atoms with Crippen LogP contribution in [-0.4, -0.2) is 41.3 Å². The Morgan fingerprint density at radius 2 is 2.05 bits per heavy atom. The fraction of sp³-hybridized carbons (Fsp3) is 0.375. The molecule has 6 nitrogen and oxygen atoms in total. The molecule has 0 spiro atoms. The summed E-state index contributed by atoms with van der Waals surface area (Å²) in [5.41, 5.74) is 0.807. The number of ether oxygens (including phenoxy) is 2. The smallest absolute Gasteiger partial charge is 0.326 e. The number of carboxylic acid groups (broad SMARTS) is 1. The summed E-state index contributed by atoms with van der Waals surface area (Å²) in [5.74, 6) is 0.121. The lowest BCUT2D eigenvalue weighted by atomic mass is 10.0. The number of hydrogen-bond donors (Lipinski definition) is 1. The molecule has 116 valence electrons. The molecule has 2 aliphatic heterocycles. The summed E-state index contributed by atoms with van der Waals surface area (Å²) in [6.45, 7) is 0.691. The van der Waals surface area contributed by atoms with Crippen LogP contribution in [0.15, 0.2) is 24.3 Å². The maximum atomic E-state index is 12.2. The van der Waals surface area contributed by atoms with Gasteiger partial charge in [0.1, 0.15) is 6.04 Å². The molecule has 2 aliphatic rings. The van der Waals surface area contributed by atoms with Gasteiger partial charge in [-0.3, -0.25) is 4.79 Å². The fourth-order valence-corrected chi connectivity index (χ4v) is 2.73. The molecule has 6 heteroatoms. The molecular weight excluding hydrogens is 286 g/mol. The predicted molar refractivity (Wildman–Crippen MR) is 78.6 cm³/mol. The highest BCUT2D eigenvalue weighted by atomic mass is 16.7. The van der Waals surface area contributed by atoms with Gasteiger partial charge in [0, 0.05) is 12.6 Å². The number of hydrogen-bond acceptors (Lipinski definition) is 4.